The average Bonchev–Trinajstić information content (AvgIpc) is 3.17. The van der Waals surface area contributed by atoms with Crippen LogP contribution < -0.4 is 6.54 Å². The standard InChI is InChI=1S/2C10H9.C2H4.Zr/c2*1-8-6-7-9-4-2-3-5-10(8)9;1-2;/h2*2-3,5-8H,1H3;1-2H2;/t2*8-;;/m10../s1. The molecule has 1 heteroatoms. The molecule has 0 saturated carbocycles. The molecular formula is C22H22Zr. The quantitative estimate of drug-likeness (QED) is 0.698. The van der Waals surface area contributed by atoms with Crippen LogP contribution in [0.25, 0.3) is 12.2 Å². The normalized spacial score (nSPS) is 25.5. The van der Waals surface area contributed by atoms with Crippen molar-refractivity contribution in [3.05, 3.63) is 70.8 Å². The van der Waals surface area contributed by atoms with E-state index < -0.39 is 20.3 Å². The van der Waals surface area contributed by atoms with Gasteiger partial charge in [0.2, 0.25) is 0 Å². The van der Waals surface area contributed by atoms with E-state index in [1.165, 1.54) is 8.26 Å². The van der Waals surface area contributed by atoms with E-state index in [0.29, 0.717) is 11.8 Å². The summed E-state index contributed by atoms with van der Waals surface area (Å²) in [5.41, 5.74) is 6.28. The maximum absolute atomic E-state index is 2.46. The molecule has 0 unspecified atom stereocenters. The molecule has 2 atom stereocenters. The van der Waals surface area contributed by atoms with Crippen molar-refractivity contribution in [3.8, 4) is 0 Å². The topological polar surface area (TPSA) is 0 Å². The van der Waals surface area contributed by atoms with Crippen molar-refractivity contribution in [1.29, 1.82) is 0 Å². The van der Waals surface area contributed by atoms with Crippen molar-refractivity contribution in [1.82, 2.24) is 0 Å². The van der Waals surface area contributed by atoms with Crippen LogP contribution in [0.3, 0.4) is 0 Å². The Hall–Kier alpha value is -1.20. The molecule has 3 aliphatic rings. The third kappa shape index (κ3) is 1.93. The molecule has 5 rings (SSSR count). The fourth-order valence-corrected chi connectivity index (χ4v) is 18.0. The van der Waals surface area contributed by atoms with Crippen molar-refractivity contribution in [3.63, 3.8) is 0 Å². The fourth-order valence-electron chi connectivity index (χ4n) is 4.66. The first-order valence-electron chi connectivity index (χ1n) is 8.84. The van der Waals surface area contributed by atoms with Crippen LogP contribution in [0, 0.1) is 0 Å². The minimum atomic E-state index is -2.37. The molecule has 1 heterocycles. The van der Waals surface area contributed by atoms with E-state index in [4.69, 9.17) is 0 Å². The number of rotatable bonds is 2. The molecule has 0 amide bonds. The third-order valence-electron chi connectivity index (χ3n) is 6.15. The van der Waals surface area contributed by atoms with Crippen molar-refractivity contribution in [2.75, 3.05) is 0 Å². The molecule has 0 N–H and O–H groups in total. The molecule has 2 aromatic carbocycles. The van der Waals surface area contributed by atoms with Gasteiger partial charge in [0.05, 0.1) is 0 Å². The molecule has 23 heavy (non-hydrogen) atoms. The molecule has 114 valence electrons. The maximum atomic E-state index is 2.46. The van der Waals surface area contributed by atoms with E-state index in [9.17, 15) is 0 Å². The molecule has 0 spiro atoms. The van der Waals surface area contributed by atoms with Crippen molar-refractivity contribution < 1.29 is 20.3 Å². The van der Waals surface area contributed by atoms with E-state index in [1.54, 1.807) is 28.8 Å². The SMILES string of the molecule is C[C@@H]1C=Cc2c1ccc[c]2[Zr]1([c]2cccc3c2C=C[C@@H]3C)[CH2][CH2]1. The van der Waals surface area contributed by atoms with E-state index >= 15 is 0 Å². The molecule has 2 aliphatic carbocycles. The average molecular weight is 378 g/mol. The van der Waals surface area contributed by atoms with Gasteiger partial charge in [-0.2, -0.15) is 0 Å². The Balaban J connectivity index is 1.72. The Morgan fingerprint density at radius 2 is 1.22 bits per heavy atom. The van der Waals surface area contributed by atoms with Gasteiger partial charge in [-0.1, -0.05) is 0 Å². The van der Waals surface area contributed by atoms with E-state index in [-0.39, 0.29) is 0 Å². The molecule has 0 aromatic heterocycles. The Morgan fingerprint density at radius 3 is 1.65 bits per heavy atom. The van der Waals surface area contributed by atoms with Gasteiger partial charge in [0.1, 0.15) is 0 Å². The second-order valence-electron chi connectivity index (χ2n) is 7.49. The van der Waals surface area contributed by atoms with Gasteiger partial charge in [-0.25, -0.2) is 0 Å². The van der Waals surface area contributed by atoms with Crippen LogP contribution in [-0.4, -0.2) is 0 Å². The summed E-state index contributed by atoms with van der Waals surface area (Å²) < 4.78 is 6.51. The monoisotopic (exact) mass is 376 g/mol. The molecule has 0 nitrogen and oxygen atoms in total. The number of hydrogen-bond acceptors (Lipinski definition) is 0. The minimum absolute atomic E-state index is 0.591. The molecule has 0 bridgehead atoms. The van der Waals surface area contributed by atoms with E-state index in [0.717, 1.165) is 0 Å². The summed E-state index contributed by atoms with van der Waals surface area (Å²) in [6, 6.07) is 14.2. The van der Waals surface area contributed by atoms with Gasteiger partial charge in [-0.05, 0) is 0 Å². The Morgan fingerprint density at radius 1 is 0.739 bits per heavy atom. The summed E-state index contributed by atoms with van der Waals surface area (Å²) in [6.07, 6.45) is 9.59. The van der Waals surface area contributed by atoms with Gasteiger partial charge in [0.25, 0.3) is 0 Å². The predicted octanol–water partition coefficient (Wildman–Crippen LogP) is 4.90. The second kappa shape index (κ2) is 4.90. The van der Waals surface area contributed by atoms with Gasteiger partial charge >= 0.3 is 144 Å². The van der Waals surface area contributed by atoms with Crippen LogP contribution in [0.2, 0.25) is 8.26 Å². The Bertz CT molecular complexity index is 798. The molecule has 1 aliphatic heterocycles. The molecule has 2 aromatic rings. The Labute approximate surface area is 143 Å². The van der Waals surface area contributed by atoms with Crippen molar-refractivity contribution >= 4 is 18.7 Å². The van der Waals surface area contributed by atoms with Gasteiger partial charge in [-0.15, -0.1) is 0 Å². The molecule has 1 saturated heterocycles. The fraction of sp³-hybridized carbons (Fsp3) is 0.273. The molecule has 0 radical (unpaired) electrons. The van der Waals surface area contributed by atoms with Crippen molar-refractivity contribution in [2.45, 2.75) is 33.9 Å². The van der Waals surface area contributed by atoms with Crippen LogP contribution in [0.1, 0.15) is 47.9 Å². The summed E-state index contributed by atoms with van der Waals surface area (Å²) in [4.78, 5) is 0. The van der Waals surface area contributed by atoms with E-state index in [1.807, 2.05) is 0 Å². The molecule has 1 fully saturated rings. The third-order valence-corrected chi connectivity index (χ3v) is 17.0. The second-order valence-corrected chi connectivity index (χ2v) is 17.9. The van der Waals surface area contributed by atoms with Crippen LogP contribution in [0.5, 0.6) is 0 Å². The van der Waals surface area contributed by atoms with Gasteiger partial charge in [0, 0.05) is 0 Å². The van der Waals surface area contributed by atoms with E-state index in [2.05, 4.69) is 74.5 Å². The Kier molecular flexibility index (Phi) is 3.02. The zero-order chi connectivity index (χ0) is 15.6. The van der Waals surface area contributed by atoms with Gasteiger partial charge in [0.15, 0.2) is 0 Å². The molecular weight excluding hydrogens is 355 g/mol. The van der Waals surface area contributed by atoms with Crippen LogP contribution in [0.15, 0.2) is 48.6 Å². The van der Waals surface area contributed by atoms with Crippen molar-refractivity contribution in [2.24, 2.45) is 0 Å². The van der Waals surface area contributed by atoms with Gasteiger partial charge < -0.3 is 0 Å². The van der Waals surface area contributed by atoms with Gasteiger partial charge in [-0.3, -0.25) is 0 Å². The summed E-state index contributed by atoms with van der Waals surface area (Å²) in [5, 5.41) is 0. The predicted molar refractivity (Wildman–Crippen MR) is 96.7 cm³/mol. The number of allylic oxidation sites excluding steroid dienone is 2. The summed E-state index contributed by atoms with van der Waals surface area (Å²) >= 11 is -2.37. The first-order chi connectivity index (χ1) is 11.2. The first kappa shape index (κ1) is 14.2. The summed E-state index contributed by atoms with van der Waals surface area (Å²) in [6.45, 7) is 4.65. The zero-order valence-corrected chi connectivity index (χ0v) is 16.3. The summed E-state index contributed by atoms with van der Waals surface area (Å²) in [7, 11) is 0. The summed E-state index contributed by atoms with van der Waals surface area (Å²) in [5.74, 6) is 1.18. The zero-order valence-electron chi connectivity index (χ0n) is 13.8. The number of benzene rings is 2. The number of fused-ring (bicyclic) bond motifs is 2. The number of hydrogen-bond donors (Lipinski definition) is 0. The first-order valence-corrected chi connectivity index (χ1v) is 14.8. The van der Waals surface area contributed by atoms with Crippen LogP contribution in [0.4, 0.5) is 0 Å². The van der Waals surface area contributed by atoms with Crippen LogP contribution in [-0.2, 0) is 20.3 Å². The van der Waals surface area contributed by atoms with Crippen LogP contribution >= 0.6 is 0 Å².